The number of methoxy groups -OCH3 is 2. The van der Waals surface area contributed by atoms with Gasteiger partial charge in [0.05, 0.1) is 26.2 Å². The largest absolute Gasteiger partial charge is 0.497 e. The van der Waals surface area contributed by atoms with Crippen LogP contribution in [0.25, 0.3) is 10.8 Å². The second-order valence-electron chi connectivity index (χ2n) is 7.73. The SMILES string of the molecule is COc1ccc(OC)c(C(c2cccc3ccccc23)N2CCC(C(=O)O)CC2)c1. The summed E-state index contributed by atoms with van der Waals surface area (Å²) in [7, 11) is 3.35. The molecule has 1 aliphatic heterocycles. The van der Waals surface area contributed by atoms with Gasteiger partial charge >= 0.3 is 5.97 Å². The van der Waals surface area contributed by atoms with E-state index in [1.807, 2.05) is 24.3 Å². The van der Waals surface area contributed by atoms with Crippen molar-refractivity contribution in [3.63, 3.8) is 0 Å². The van der Waals surface area contributed by atoms with Gasteiger partial charge in [0.1, 0.15) is 11.5 Å². The molecule has 0 aliphatic carbocycles. The normalized spacial score (nSPS) is 16.3. The number of ether oxygens (including phenoxy) is 2. The molecule has 0 saturated carbocycles. The molecule has 1 heterocycles. The highest BCUT2D eigenvalue weighted by molar-refractivity contribution is 5.86. The highest BCUT2D eigenvalue weighted by Gasteiger charge is 2.32. The predicted octanol–water partition coefficient (Wildman–Crippen LogP) is 4.74. The molecule has 3 aromatic carbocycles. The third-order valence-corrected chi connectivity index (χ3v) is 6.09. The zero-order valence-corrected chi connectivity index (χ0v) is 17.4. The Labute approximate surface area is 176 Å². The van der Waals surface area contributed by atoms with E-state index >= 15 is 0 Å². The van der Waals surface area contributed by atoms with Crippen LogP contribution in [0.1, 0.15) is 30.0 Å². The van der Waals surface area contributed by atoms with Crippen molar-refractivity contribution in [3.8, 4) is 11.5 Å². The van der Waals surface area contributed by atoms with Crippen LogP contribution in [-0.4, -0.2) is 43.3 Å². The summed E-state index contributed by atoms with van der Waals surface area (Å²) in [4.78, 5) is 13.8. The molecule has 3 aromatic rings. The van der Waals surface area contributed by atoms with Crippen LogP contribution < -0.4 is 9.47 Å². The second kappa shape index (κ2) is 8.76. The summed E-state index contributed by atoms with van der Waals surface area (Å²) >= 11 is 0. The average Bonchev–Trinajstić information content (AvgIpc) is 2.79. The fraction of sp³-hybridized carbons (Fsp3) is 0.320. The lowest BCUT2D eigenvalue weighted by atomic mass is 9.88. The van der Waals surface area contributed by atoms with Crippen molar-refractivity contribution < 1.29 is 19.4 Å². The lowest BCUT2D eigenvalue weighted by Crippen LogP contribution is -2.39. The number of likely N-dealkylation sites (tertiary alicyclic amines) is 1. The number of carboxylic acid groups (broad SMARTS) is 1. The molecule has 0 aromatic heterocycles. The van der Waals surface area contributed by atoms with E-state index in [0.717, 1.165) is 17.1 Å². The number of fused-ring (bicyclic) bond motifs is 1. The third kappa shape index (κ3) is 3.85. The first kappa shape index (κ1) is 20.2. The Hall–Kier alpha value is -3.05. The first-order chi connectivity index (χ1) is 14.6. The van der Waals surface area contributed by atoms with Crippen molar-refractivity contribution in [2.24, 2.45) is 5.92 Å². The van der Waals surface area contributed by atoms with Gasteiger partial charge in [0, 0.05) is 5.56 Å². The minimum Gasteiger partial charge on any atom is -0.497 e. The molecule has 156 valence electrons. The molecule has 1 atom stereocenters. The van der Waals surface area contributed by atoms with E-state index in [1.165, 1.54) is 16.3 Å². The van der Waals surface area contributed by atoms with Crippen LogP contribution in [0.15, 0.2) is 60.7 Å². The number of carboxylic acids is 1. The van der Waals surface area contributed by atoms with Crippen LogP contribution in [0.4, 0.5) is 0 Å². The van der Waals surface area contributed by atoms with E-state index in [-0.39, 0.29) is 12.0 Å². The quantitative estimate of drug-likeness (QED) is 0.642. The summed E-state index contributed by atoms with van der Waals surface area (Å²) in [6, 6.07) is 20.6. The summed E-state index contributed by atoms with van der Waals surface area (Å²) in [6.07, 6.45) is 1.28. The third-order valence-electron chi connectivity index (χ3n) is 6.09. The lowest BCUT2D eigenvalue weighted by Gasteiger charge is -2.38. The van der Waals surface area contributed by atoms with Crippen molar-refractivity contribution >= 4 is 16.7 Å². The smallest absolute Gasteiger partial charge is 0.306 e. The van der Waals surface area contributed by atoms with Gasteiger partial charge in [-0.3, -0.25) is 9.69 Å². The maximum atomic E-state index is 11.5. The van der Waals surface area contributed by atoms with Crippen molar-refractivity contribution in [2.45, 2.75) is 18.9 Å². The minimum atomic E-state index is -0.699. The van der Waals surface area contributed by atoms with Gasteiger partial charge in [-0.25, -0.2) is 0 Å². The zero-order valence-electron chi connectivity index (χ0n) is 17.4. The first-order valence-electron chi connectivity index (χ1n) is 10.3. The topological polar surface area (TPSA) is 59.0 Å². The molecule has 5 heteroatoms. The molecule has 30 heavy (non-hydrogen) atoms. The number of carbonyl (C=O) groups is 1. The zero-order chi connectivity index (χ0) is 21.1. The van der Waals surface area contributed by atoms with Crippen LogP contribution in [0.3, 0.4) is 0 Å². The summed E-state index contributed by atoms with van der Waals surface area (Å²) in [6.45, 7) is 1.43. The molecule has 0 bridgehead atoms. The molecule has 1 unspecified atom stereocenters. The van der Waals surface area contributed by atoms with Gasteiger partial charge in [0.15, 0.2) is 0 Å². The number of aliphatic carboxylic acids is 1. The van der Waals surface area contributed by atoms with Crippen LogP contribution in [0.5, 0.6) is 11.5 Å². The Morgan fingerprint density at radius 3 is 2.40 bits per heavy atom. The van der Waals surface area contributed by atoms with Gasteiger partial charge in [-0.05, 0) is 60.5 Å². The maximum Gasteiger partial charge on any atom is 0.306 e. The van der Waals surface area contributed by atoms with E-state index in [4.69, 9.17) is 9.47 Å². The molecule has 1 saturated heterocycles. The molecule has 5 nitrogen and oxygen atoms in total. The minimum absolute atomic E-state index is 0.0594. The second-order valence-corrected chi connectivity index (χ2v) is 7.73. The van der Waals surface area contributed by atoms with Gasteiger partial charge in [-0.1, -0.05) is 42.5 Å². The van der Waals surface area contributed by atoms with Gasteiger partial charge in [-0.15, -0.1) is 0 Å². The molecule has 1 N–H and O–H groups in total. The van der Waals surface area contributed by atoms with Gasteiger partial charge in [-0.2, -0.15) is 0 Å². The van der Waals surface area contributed by atoms with Crippen LogP contribution in [-0.2, 0) is 4.79 Å². The monoisotopic (exact) mass is 405 g/mol. The maximum absolute atomic E-state index is 11.5. The van der Waals surface area contributed by atoms with Crippen molar-refractivity contribution in [1.82, 2.24) is 4.90 Å². The average molecular weight is 405 g/mol. The Balaban J connectivity index is 1.85. The number of hydrogen-bond acceptors (Lipinski definition) is 4. The van der Waals surface area contributed by atoms with Gasteiger partial charge in [0.25, 0.3) is 0 Å². The van der Waals surface area contributed by atoms with Gasteiger partial charge < -0.3 is 14.6 Å². The Kier molecular flexibility index (Phi) is 5.91. The van der Waals surface area contributed by atoms with Crippen LogP contribution in [0, 0.1) is 5.92 Å². The van der Waals surface area contributed by atoms with Crippen molar-refractivity contribution in [3.05, 3.63) is 71.8 Å². The number of rotatable bonds is 6. The highest BCUT2D eigenvalue weighted by Crippen LogP contribution is 2.41. The summed E-state index contributed by atoms with van der Waals surface area (Å²) in [5.41, 5.74) is 2.22. The summed E-state index contributed by atoms with van der Waals surface area (Å²) in [5, 5.41) is 11.8. The van der Waals surface area contributed by atoms with Crippen molar-refractivity contribution in [2.75, 3.05) is 27.3 Å². The summed E-state index contributed by atoms with van der Waals surface area (Å²) < 4.78 is 11.2. The molecule has 1 aliphatic rings. The molecular formula is C25H27NO4. The number of piperidine rings is 1. The van der Waals surface area contributed by atoms with Crippen LogP contribution >= 0.6 is 0 Å². The number of benzene rings is 3. The molecule has 0 spiro atoms. The summed E-state index contributed by atoms with van der Waals surface area (Å²) in [5.74, 6) is 0.600. The van der Waals surface area contributed by atoms with E-state index < -0.39 is 5.97 Å². The van der Waals surface area contributed by atoms with E-state index in [0.29, 0.717) is 25.9 Å². The van der Waals surface area contributed by atoms with Gasteiger partial charge in [0.2, 0.25) is 0 Å². The van der Waals surface area contributed by atoms with Crippen LogP contribution in [0.2, 0.25) is 0 Å². The molecule has 0 amide bonds. The first-order valence-corrected chi connectivity index (χ1v) is 10.3. The number of nitrogens with zero attached hydrogens (tertiary/aromatic N) is 1. The fourth-order valence-electron chi connectivity index (χ4n) is 4.51. The standard InChI is InChI=1S/C25H27NO4/c1-29-19-10-11-23(30-2)22(16-19)24(26-14-12-18(13-15-26)25(27)28)21-9-5-7-17-6-3-4-8-20(17)21/h3-11,16,18,24H,12-15H2,1-2H3,(H,27,28). The Bertz CT molecular complexity index is 1040. The lowest BCUT2D eigenvalue weighted by molar-refractivity contribution is -0.143. The number of hydrogen-bond donors (Lipinski definition) is 1. The fourth-order valence-corrected chi connectivity index (χ4v) is 4.51. The molecular weight excluding hydrogens is 378 g/mol. The predicted molar refractivity (Wildman–Crippen MR) is 117 cm³/mol. The van der Waals surface area contributed by atoms with E-state index in [9.17, 15) is 9.90 Å². The van der Waals surface area contributed by atoms with E-state index in [1.54, 1.807) is 14.2 Å². The Morgan fingerprint density at radius 2 is 1.70 bits per heavy atom. The molecule has 0 radical (unpaired) electrons. The van der Waals surface area contributed by atoms with Crippen molar-refractivity contribution in [1.29, 1.82) is 0 Å². The van der Waals surface area contributed by atoms with E-state index in [2.05, 4.69) is 41.3 Å². The molecule has 1 fully saturated rings. The highest BCUT2D eigenvalue weighted by atomic mass is 16.5. The Morgan fingerprint density at radius 1 is 0.967 bits per heavy atom. The molecule has 4 rings (SSSR count).